The Labute approximate surface area is 143 Å². The van der Waals surface area contributed by atoms with Gasteiger partial charge < -0.3 is 14.3 Å². The number of hydrogen-bond donors (Lipinski definition) is 1. The van der Waals surface area contributed by atoms with Crippen molar-refractivity contribution in [2.24, 2.45) is 0 Å². The van der Waals surface area contributed by atoms with Crippen LogP contribution >= 0.6 is 11.8 Å². The van der Waals surface area contributed by atoms with Crippen LogP contribution in [0.1, 0.15) is 18.5 Å². The van der Waals surface area contributed by atoms with E-state index in [-0.39, 0.29) is 5.91 Å². The van der Waals surface area contributed by atoms with Gasteiger partial charge >= 0.3 is 0 Å². The minimum absolute atomic E-state index is 0.0429. The summed E-state index contributed by atoms with van der Waals surface area (Å²) in [5.41, 5.74) is 0.859. The van der Waals surface area contributed by atoms with Gasteiger partial charge in [-0.25, -0.2) is 0 Å². The van der Waals surface area contributed by atoms with Gasteiger partial charge in [0.05, 0.1) is 17.4 Å². The number of thioether (sulfide) groups is 1. The van der Waals surface area contributed by atoms with Crippen molar-refractivity contribution in [3.63, 3.8) is 0 Å². The molecule has 24 heavy (non-hydrogen) atoms. The van der Waals surface area contributed by atoms with E-state index in [1.165, 1.54) is 0 Å². The summed E-state index contributed by atoms with van der Waals surface area (Å²) >= 11 is 1.67. The first kappa shape index (κ1) is 15.1. The fourth-order valence-corrected chi connectivity index (χ4v) is 3.09. The maximum absolute atomic E-state index is 12.7. The van der Waals surface area contributed by atoms with Crippen molar-refractivity contribution in [2.45, 2.75) is 23.2 Å². The summed E-state index contributed by atoms with van der Waals surface area (Å²) in [6.07, 6.45) is 5.14. The van der Waals surface area contributed by atoms with Crippen molar-refractivity contribution in [1.82, 2.24) is 5.16 Å². The minimum atomic E-state index is -0.591. The predicted molar refractivity (Wildman–Crippen MR) is 92.0 cm³/mol. The van der Waals surface area contributed by atoms with Crippen molar-refractivity contribution in [2.75, 3.05) is 11.6 Å². The lowest BCUT2D eigenvalue weighted by atomic mass is 10.0. The molecule has 4 rings (SSSR count). The third-order valence-electron chi connectivity index (χ3n) is 4.30. The Hall–Kier alpha value is -2.47. The molecule has 0 unspecified atom stereocenters. The molecular formula is C18H16N2O3S. The average molecular weight is 340 g/mol. The summed E-state index contributed by atoms with van der Waals surface area (Å²) < 4.78 is 10.6. The topological polar surface area (TPSA) is 68.3 Å². The van der Waals surface area contributed by atoms with E-state index in [1.807, 2.05) is 30.5 Å². The molecule has 6 heteroatoms. The second-order valence-electron chi connectivity index (χ2n) is 5.82. The van der Waals surface area contributed by atoms with E-state index in [4.69, 9.17) is 8.94 Å². The highest BCUT2D eigenvalue weighted by Gasteiger charge is 2.53. The highest BCUT2D eigenvalue weighted by Crippen LogP contribution is 2.49. The van der Waals surface area contributed by atoms with Gasteiger partial charge in [0, 0.05) is 16.6 Å². The molecule has 0 radical (unpaired) electrons. The van der Waals surface area contributed by atoms with Crippen LogP contribution in [0.5, 0.6) is 0 Å². The molecule has 1 saturated carbocycles. The largest absolute Gasteiger partial charge is 0.461 e. The molecule has 0 aliphatic heterocycles. The lowest BCUT2D eigenvalue weighted by molar-refractivity contribution is -0.118. The lowest BCUT2D eigenvalue weighted by Crippen LogP contribution is -2.28. The number of furan rings is 1. The van der Waals surface area contributed by atoms with Crippen LogP contribution in [0.4, 0.5) is 5.69 Å². The molecule has 122 valence electrons. The number of benzene rings is 1. The molecule has 0 saturated heterocycles. The molecule has 5 nitrogen and oxygen atoms in total. The number of hydrogen-bond acceptors (Lipinski definition) is 5. The molecule has 1 aliphatic carbocycles. The first-order valence-corrected chi connectivity index (χ1v) is 8.90. The Balaban J connectivity index is 1.53. The smallest absolute Gasteiger partial charge is 0.236 e. The number of carbonyl (C=O) groups is 1. The minimum Gasteiger partial charge on any atom is -0.461 e. The van der Waals surface area contributed by atoms with Gasteiger partial charge in [0.2, 0.25) is 11.7 Å². The highest BCUT2D eigenvalue weighted by atomic mass is 32.2. The number of nitrogens with zero attached hydrogens (tertiary/aromatic N) is 1. The van der Waals surface area contributed by atoms with E-state index in [2.05, 4.69) is 10.5 Å². The Bertz CT molecular complexity index is 849. The summed E-state index contributed by atoms with van der Waals surface area (Å²) in [6, 6.07) is 13.2. The first-order valence-electron chi connectivity index (χ1n) is 7.68. The molecule has 2 aromatic heterocycles. The zero-order valence-electron chi connectivity index (χ0n) is 13.1. The van der Waals surface area contributed by atoms with Gasteiger partial charge in [-0.2, -0.15) is 0 Å². The molecule has 2 heterocycles. The fourth-order valence-electron chi connectivity index (χ4n) is 2.69. The third kappa shape index (κ3) is 2.63. The second-order valence-corrected chi connectivity index (χ2v) is 6.70. The molecule has 0 atom stereocenters. The lowest BCUT2D eigenvalue weighted by Gasteiger charge is -2.12. The van der Waals surface area contributed by atoms with Gasteiger partial charge in [-0.15, -0.1) is 11.8 Å². The van der Waals surface area contributed by atoms with Crippen molar-refractivity contribution in [3.05, 3.63) is 54.4 Å². The van der Waals surface area contributed by atoms with Crippen LogP contribution in [0.25, 0.3) is 11.5 Å². The number of aromatic nitrogens is 1. The van der Waals surface area contributed by atoms with Gasteiger partial charge in [0.25, 0.3) is 0 Å². The van der Waals surface area contributed by atoms with Crippen molar-refractivity contribution in [1.29, 1.82) is 0 Å². The molecular weight excluding hydrogens is 324 g/mol. The summed E-state index contributed by atoms with van der Waals surface area (Å²) in [5.74, 6) is 1.11. The zero-order valence-corrected chi connectivity index (χ0v) is 13.9. The third-order valence-corrected chi connectivity index (χ3v) is 5.04. The van der Waals surface area contributed by atoms with Crippen LogP contribution in [0.2, 0.25) is 0 Å². The number of carbonyl (C=O) groups excluding carboxylic acids is 1. The zero-order chi connectivity index (χ0) is 16.6. The SMILES string of the molecule is CSc1ccc(NC(=O)C2(c3cc(-c4ccco4)on3)CC2)cc1. The number of rotatable bonds is 5. The average Bonchev–Trinajstić information content (AvgIpc) is 3.02. The van der Waals surface area contributed by atoms with Crippen LogP contribution in [-0.4, -0.2) is 17.3 Å². The van der Waals surface area contributed by atoms with Crippen LogP contribution in [0, 0.1) is 0 Å². The molecule has 0 spiro atoms. The Morgan fingerprint density at radius 3 is 2.62 bits per heavy atom. The summed E-state index contributed by atoms with van der Waals surface area (Å²) in [7, 11) is 0. The maximum Gasteiger partial charge on any atom is 0.236 e. The van der Waals surface area contributed by atoms with Gasteiger partial charge in [0.1, 0.15) is 0 Å². The molecule has 3 aromatic rings. The molecule has 1 amide bonds. The van der Waals surface area contributed by atoms with E-state index >= 15 is 0 Å². The predicted octanol–water partition coefficient (Wildman–Crippen LogP) is 4.33. The standard InChI is InChI=1S/C18H16N2O3S/c1-24-13-6-4-12(5-7-13)19-17(21)18(8-9-18)16-11-15(23-20-16)14-3-2-10-22-14/h2-7,10-11H,8-9H2,1H3,(H,19,21). The second kappa shape index (κ2) is 5.87. The number of amides is 1. The summed E-state index contributed by atoms with van der Waals surface area (Å²) in [6.45, 7) is 0. The van der Waals surface area contributed by atoms with Crippen LogP contribution < -0.4 is 5.32 Å². The highest BCUT2D eigenvalue weighted by molar-refractivity contribution is 7.98. The van der Waals surface area contributed by atoms with Crippen molar-refractivity contribution < 1.29 is 13.7 Å². The van der Waals surface area contributed by atoms with Crippen LogP contribution in [0.3, 0.4) is 0 Å². The van der Waals surface area contributed by atoms with E-state index in [0.717, 1.165) is 23.4 Å². The molecule has 1 N–H and O–H groups in total. The first-order chi connectivity index (χ1) is 11.7. The Morgan fingerprint density at radius 2 is 2.00 bits per heavy atom. The van der Waals surface area contributed by atoms with Gasteiger partial charge in [-0.3, -0.25) is 4.79 Å². The van der Waals surface area contributed by atoms with Crippen molar-refractivity contribution in [3.8, 4) is 11.5 Å². The molecule has 1 aliphatic rings. The molecule has 1 fully saturated rings. The van der Waals surface area contributed by atoms with E-state index in [9.17, 15) is 4.79 Å². The van der Waals surface area contributed by atoms with Crippen molar-refractivity contribution >= 4 is 23.4 Å². The summed E-state index contributed by atoms with van der Waals surface area (Å²) in [5, 5.41) is 7.08. The van der Waals surface area contributed by atoms with E-state index in [0.29, 0.717) is 17.2 Å². The fraction of sp³-hybridized carbons (Fsp3) is 0.222. The quantitative estimate of drug-likeness (QED) is 0.700. The maximum atomic E-state index is 12.7. The Kier molecular flexibility index (Phi) is 3.69. The van der Waals surface area contributed by atoms with Crippen LogP contribution in [0.15, 0.2) is 62.6 Å². The van der Waals surface area contributed by atoms with Gasteiger partial charge in [-0.1, -0.05) is 5.16 Å². The normalized spacial score (nSPS) is 15.2. The van der Waals surface area contributed by atoms with Gasteiger partial charge in [0.15, 0.2) is 5.76 Å². The van der Waals surface area contributed by atoms with E-state index in [1.54, 1.807) is 36.2 Å². The summed E-state index contributed by atoms with van der Waals surface area (Å²) in [4.78, 5) is 13.9. The molecule has 1 aromatic carbocycles. The Morgan fingerprint density at radius 1 is 1.21 bits per heavy atom. The molecule has 0 bridgehead atoms. The monoisotopic (exact) mass is 340 g/mol. The van der Waals surface area contributed by atoms with Crippen LogP contribution in [-0.2, 0) is 10.2 Å². The van der Waals surface area contributed by atoms with E-state index < -0.39 is 5.41 Å². The van der Waals surface area contributed by atoms with Gasteiger partial charge in [-0.05, 0) is 55.5 Å². The number of anilines is 1. The number of nitrogens with one attached hydrogen (secondary N) is 1.